The monoisotopic (exact) mass is 332 g/mol. The molecule has 21 heavy (non-hydrogen) atoms. The molecular formula is C14H24N2O3S2. The van der Waals surface area contributed by atoms with E-state index in [9.17, 15) is 8.42 Å². The van der Waals surface area contributed by atoms with E-state index < -0.39 is 10.0 Å². The summed E-state index contributed by atoms with van der Waals surface area (Å²) in [6.07, 6.45) is 1.78. The number of sulfonamides is 1. The Labute approximate surface area is 131 Å². The highest BCUT2D eigenvalue weighted by molar-refractivity contribution is 7.91. The molecule has 0 aromatic carbocycles. The summed E-state index contributed by atoms with van der Waals surface area (Å²) in [5.74, 6) is 0. The Morgan fingerprint density at radius 1 is 1.52 bits per heavy atom. The molecule has 1 aliphatic heterocycles. The van der Waals surface area contributed by atoms with E-state index in [1.54, 1.807) is 13.1 Å². The lowest BCUT2D eigenvalue weighted by Gasteiger charge is -2.25. The van der Waals surface area contributed by atoms with Crippen molar-refractivity contribution in [2.24, 2.45) is 0 Å². The number of likely N-dealkylation sites (N-methyl/N-ethyl adjacent to an activating group) is 1. The van der Waals surface area contributed by atoms with E-state index in [2.05, 4.69) is 12.2 Å². The van der Waals surface area contributed by atoms with Crippen molar-refractivity contribution in [2.45, 2.75) is 49.6 Å². The van der Waals surface area contributed by atoms with Crippen LogP contribution in [0.25, 0.3) is 0 Å². The molecule has 1 fully saturated rings. The molecule has 0 bridgehead atoms. The Morgan fingerprint density at radius 3 is 2.90 bits per heavy atom. The third kappa shape index (κ3) is 3.84. The van der Waals surface area contributed by atoms with Crippen molar-refractivity contribution in [1.82, 2.24) is 9.62 Å². The van der Waals surface area contributed by atoms with Crippen LogP contribution in [0.3, 0.4) is 0 Å². The maximum atomic E-state index is 12.7. The summed E-state index contributed by atoms with van der Waals surface area (Å²) in [6.45, 7) is 6.32. The van der Waals surface area contributed by atoms with Gasteiger partial charge < -0.3 is 10.1 Å². The van der Waals surface area contributed by atoms with Gasteiger partial charge in [0, 0.05) is 20.2 Å². The van der Waals surface area contributed by atoms with Crippen LogP contribution >= 0.6 is 11.3 Å². The summed E-state index contributed by atoms with van der Waals surface area (Å²) in [5, 5.41) is 5.20. The van der Waals surface area contributed by atoms with E-state index in [0.29, 0.717) is 17.4 Å². The Kier molecular flexibility index (Phi) is 5.79. The molecule has 120 valence electrons. The molecule has 0 saturated carbocycles. The summed E-state index contributed by atoms with van der Waals surface area (Å²) < 4.78 is 32.7. The quantitative estimate of drug-likeness (QED) is 0.777. The predicted octanol–water partition coefficient (Wildman–Crippen LogP) is 2.05. The van der Waals surface area contributed by atoms with Crippen LogP contribution in [0.2, 0.25) is 0 Å². The number of hydrogen-bond acceptors (Lipinski definition) is 5. The van der Waals surface area contributed by atoms with Gasteiger partial charge in [-0.05, 0) is 43.3 Å². The van der Waals surface area contributed by atoms with Crippen LogP contribution in [0, 0.1) is 0 Å². The average molecular weight is 332 g/mol. The molecule has 1 aromatic heterocycles. The Balaban J connectivity index is 2.08. The molecule has 1 aromatic rings. The minimum absolute atomic E-state index is 0.0459. The SMILES string of the molecule is CCCNCc1csc(S(=O)(=O)N(C)C2CCOC2C)c1. The van der Waals surface area contributed by atoms with Crippen LogP contribution in [0.4, 0.5) is 0 Å². The van der Waals surface area contributed by atoms with Crippen LogP contribution in [-0.4, -0.2) is 45.1 Å². The van der Waals surface area contributed by atoms with Crippen LogP contribution in [0.5, 0.6) is 0 Å². The molecule has 1 saturated heterocycles. The van der Waals surface area contributed by atoms with Gasteiger partial charge in [-0.2, -0.15) is 4.31 Å². The zero-order chi connectivity index (χ0) is 15.5. The molecule has 2 heterocycles. The molecular weight excluding hydrogens is 308 g/mol. The number of hydrogen-bond donors (Lipinski definition) is 1. The van der Waals surface area contributed by atoms with Crippen molar-refractivity contribution in [2.75, 3.05) is 20.2 Å². The lowest BCUT2D eigenvalue weighted by molar-refractivity contribution is 0.102. The van der Waals surface area contributed by atoms with Crippen LogP contribution in [-0.2, 0) is 21.3 Å². The summed E-state index contributed by atoms with van der Waals surface area (Å²) in [5.41, 5.74) is 1.02. The lowest BCUT2D eigenvalue weighted by atomic mass is 10.2. The number of nitrogens with zero attached hydrogens (tertiary/aromatic N) is 1. The van der Waals surface area contributed by atoms with Gasteiger partial charge in [0.25, 0.3) is 10.0 Å². The maximum Gasteiger partial charge on any atom is 0.252 e. The number of ether oxygens (including phenoxy) is 1. The van der Waals surface area contributed by atoms with Gasteiger partial charge in [0.1, 0.15) is 4.21 Å². The fourth-order valence-electron chi connectivity index (χ4n) is 2.51. The van der Waals surface area contributed by atoms with E-state index in [1.807, 2.05) is 12.3 Å². The second-order valence-electron chi connectivity index (χ2n) is 5.40. The molecule has 2 atom stereocenters. The molecule has 0 amide bonds. The third-order valence-corrected chi connectivity index (χ3v) is 7.17. The largest absolute Gasteiger partial charge is 0.377 e. The molecule has 2 unspecified atom stereocenters. The highest BCUT2D eigenvalue weighted by Gasteiger charge is 2.35. The van der Waals surface area contributed by atoms with Gasteiger partial charge in [0.2, 0.25) is 0 Å². The standard InChI is InChI=1S/C14H24N2O3S2/c1-4-6-15-9-12-8-14(20-10-12)21(17,18)16(3)13-5-7-19-11(13)2/h8,10-11,13,15H,4-7,9H2,1-3H3. The van der Waals surface area contributed by atoms with E-state index in [-0.39, 0.29) is 12.1 Å². The first-order valence-electron chi connectivity index (χ1n) is 7.34. The van der Waals surface area contributed by atoms with Crippen molar-refractivity contribution in [3.63, 3.8) is 0 Å². The molecule has 5 nitrogen and oxygen atoms in total. The van der Waals surface area contributed by atoms with E-state index >= 15 is 0 Å². The fraction of sp³-hybridized carbons (Fsp3) is 0.714. The maximum absolute atomic E-state index is 12.7. The van der Waals surface area contributed by atoms with Gasteiger partial charge in [0.05, 0.1) is 12.1 Å². The second-order valence-corrected chi connectivity index (χ2v) is 8.54. The molecule has 0 spiro atoms. The van der Waals surface area contributed by atoms with Crippen molar-refractivity contribution in [1.29, 1.82) is 0 Å². The number of thiophene rings is 1. The zero-order valence-corrected chi connectivity index (χ0v) is 14.5. The number of nitrogens with one attached hydrogen (secondary N) is 1. The van der Waals surface area contributed by atoms with Crippen LogP contribution < -0.4 is 5.32 Å². The normalized spacial score (nSPS) is 23.0. The van der Waals surface area contributed by atoms with Gasteiger partial charge in [0.15, 0.2) is 0 Å². The van der Waals surface area contributed by atoms with Gasteiger partial charge in [-0.25, -0.2) is 8.42 Å². The highest BCUT2D eigenvalue weighted by Crippen LogP contribution is 2.28. The average Bonchev–Trinajstić information content (AvgIpc) is 3.07. The first kappa shape index (κ1) is 16.9. The molecule has 1 N–H and O–H groups in total. The zero-order valence-electron chi connectivity index (χ0n) is 12.8. The first-order valence-corrected chi connectivity index (χ1v) is 9.66. The van der Waals surface area contributed by atoms with Gasteiger partial charge in [-0.1, -0.05) is 6.92 Å². The van der Waals surface area contributed by atoms with Gasteiger partial charge in [-0.3, -0.25) is 0 Å². The van der Waals surface area contributed by atoms with Crippen molar-refractivity contribution >= 4 is 21.4 Å². The first-order chi connectivity index (χ1) is 9.96. The van der Waals surface area contributed by atoms with Crippen molar-refractivity contribution < 1.29 is 13.2 Å². The van der Waals surface area contributed by atoms with Crippen LogP contribution in [0.1, 0.15) is 32.3 Å². The third-order valence-electron chi connectivity index (χ3n) is 3.82. The smallest absolute Gasteiger partial charge is 0.252 e. The van der Waals surface area contributed by atoms with E-state index in [1.165, 1.54) is 15.6 Å². The van der Waals surface area contributed by atoms with Crippen molar-refractivity contribution in [3.05, 3.63) is 17.0 Å². The Morgan fingerprint density at radius 2 is 2.29 bits per heavy atom. The second kappa shape index (κ2) is 7.19. The topological polar surface area (TPSA) is 58.6 Å². The molecule has 7 heteroatoms. The van der Waals surface area contributed by atoms with E-state index in [0.717, 1.165) is 24.9 Å². The minimum Gasteiger partial charge on any atom is -0.377 e. The highest BCUT2D eigenvalue weighted by atomic mass is 32.2. The van der Waals surface area contributed by atoms with Gasteiger partial charge >= 0.3 is 0 Å². The molecule has 2 rings (SSSR count). The predicted molar refractivity (Wildman–Crippen MR) is 85.1 cm³/mol. The lowest BCUT2D eigenvalue weighted by Crippen LogP contribution is -2.40. The molecule has 1 aliphatic rings. The van der Waals surface area contributed by atoms with Crippen LogP contribution in [0.15, 0.2) is 15.7 Å². The van der Waals surface area contributed by atoms with Gasteiger partial charge in [-0.15, -0.1) is 11.3 Å². The summed E-state index contributed by atoms with van der Waals surface area (Å²) in [4.78, 5) is 0. The Bertz CT molecular complexity index is 556. The summed E-state index contributed by atoms with van der Waals surface area (Å²) in [7, 11) is -1.77. The minimum atomic E-state index is -3.42. The fourth-order valence-corrected chi connectivity index (χ4v) is 5.35. The Hall–Kier alpha value is -0.470. The number of rotatable bonds is 7. The van der Waals surface area contributed by atoms with E-state index in [4.69, 9.17) is 4.74 Å². The molecule has 0 radical (unpaired) electrons. The van der Waals surface area contributed by atoms with Crippen molar-refractivity contribution in [3.8, 4) is 0 Å². The molecule has 0 aliphatic carbocycles. The summed E-state index contributed by atoms with van der Waals surface area (Å²) >= 11 is 1.29. The summed E-state index contributed by atoms with van der Waals surface area (Å²) in [6, 6.07) is 1.71.